The van der Waals surface area contributed by atoms with Gasteiger partial charge in [-0.3, -0.25) is 9.69 Å². The van der Waals surface area contributed by atoms with Crippen LogP contribution >= 0.6 is 0 Å². The molecule has 2 aliphatic rings. The third-order valence-electron chi connectivity index (χ3n) is 6.88. The van der Waals surface area contributed by atoms with E-state index >= 15 is 0 Å². The Balaban J connectivity index is 1.66. The fourth-order valence-electron chi connectivity index (χ4n) is 4.89. The Morgan fingerprint density at radius 2 is 1.58 bits per heavy atom. The first kappa shape index (κ1) is 19.9. The Bertz CT molecular complexity index is 1190. The number of ether oxygens (including phenoxy) is 1. The molecule has 3 heteroatoms. The van der Waals surface area contributed by atoms with Crippen LogP contribution in [0.2, 0.25) is 0 Å². The Hall–Kier alpha value is -3.07. The summed E-state index contributed by atoms with van der Waals surface area (Å²) < 4.78 is 6.19. The van der Waals surface area contributed by atoms with Crippen molar-refractivity contribution in [2.45, 2.75) is 58.5 Å². The van der Waals surface area contributed by atoms with Gasteiger partial charge in [0, 0.05) is 5.69 Å². The number of aryl methyl sites for hydroxylation is 3. The molecule has 0 saturated carbocycles. The molecule has 0 aromatic heterocycles. The zero-order valence-corrected chi connectivity index (χ0v) is 19.0. The lowest BCUT2D eigenvalue weighted by Gasteiger charge is -2.34. The zero-order valence-electron chi connectivity index (χ0n) is 19.0. The summed E-state index contributed by atoms with van der Waals surface area (Å²) in [5, 5.41) is 0. The monoisotopic (exact) mass is 411 g/mol. The van der Waals surface area contributed by atoms with Crippen LogP contribution in [0, 0.1) is 13.8 Å². The lowest BCUT2D eigenvalue weighted by Crippen LogP contribution is -2.37. The molecule has 0 spiro atoms. The minimum atomic E-state index is -0.742. The van der Waals surface area contributed by atoms with Crippen molar-refractivity contribution in [1.29, 1.82) is 0 Å². The molecule has 5 rings (SSSR count). The lowest BCUT2D eigenvalue weighted by atomic mass is 9.76. The third-order valence-corrected chi connectivity index (χ3v) is 6.88. The second-order valence-electron chi connectivity index (χ2n) is 9.81. The van der Waals surface area contributed by atoms with E-state index in [2.05, 4.69) is 77.1 Å². The molecule has 3 aromatic carbocycles. The van der Waals surface area contributed by atoms with Gasteiger partial charge in [0.25, 0.3) is 0 Å². The van der Waals surface area contributed by atoms with Gasteiger partial charge in [0.05, 0.1) is 11.1 Å². The average molecular weight is 412 g/mol. The van der Waals surface area contributed by atoms with Crippen LogP contribution in [0.15, 0.2) is 60.7 Å². The number of benzene rings is 3. The molecular weight excluding hydrogens is 382 g/mol. The van der Waals surface area contributed by atoms with Crippen molar-refractivity contribution >= 4 is 17.3 Å². The maximum Gasteiger partial charge on any atom is 0.246 e. The van der Waals surface area contributed by atoms with E-state index in [0.29, 0.717) is 0 Å². The van der Waals surface area contributed by atoms with Gasteiger partial charge in [0.1, 0.15) is 11.4 Å². The quantitative estimate of drug-likeness (QED) is 0.489. The van der Waals surface area contributed by atoms with Crippen LogP contribution in [0.5, 0.6) is 5.75 Å². The Kier molecular flexibility index (Phi) is 4.30. The van der Waals surface area contributed by atoms with Crippen LogP contribution < -0.4 is 9.64 Å². The summed E-state index contributed by atoms with van der Waals surface area (Å²) in [6.07, 6.45) is 1.93. The van der Waals surface area contributed by atoms with E-state index in [1.54, 1.807) is 0 Å². The fourth-order valence-corrected chi connectivity index (χ4v) is 4.89. The number of carbonyl (C=O) groups is 1. The molecule has 0 saturated heterocycles. The smallest absolute Gasteiger partial charge is 0.246 e. The van der Waals surface area contributed by atoms with Gasteiger partial charge in [-0.2, -0.15) is 0 Å². The van der Waals surface area contributed by atoms with Crippen LogP contribution in [-0.4, -0.2) is 11.5 Å². The number of nitrogens with zero attached hydrogens (tertiary/aromatic N) is 1. The maximum absolute atomic E-state index is 14.0. The molecule has 2 heterocycles. The van der Waals surface area contributed by atoms with Crippen molar-refractivity contribution < 1.29 is 9.53 Å². The van der Waals surface area contributed by atoms with Crippen molar-refractivity contribution in [1.82, 2.24) is 0 Å². The highest BCUT2D eigenvalue weighted by Gasteiger charge is 2.49. The molecule has 31 heavy (non-hydrogen) atoms. The van der Waals surface area contributed by atoms with Gasteiger partial charge in [-0.05, 0) is 88.4 Å². The Labute approximate surface area is 184 Å². The van der Waals surface area contributed by atoms with Crippen molar-refractivity contribution in [2.75, 3.05) is 4.90 Å². The number of amides is 1. The lowest BCUT2D eigenvalue weighted by molar-refractivity contribution is -0.120. The second kappa shape index (κ2) is 6.71. The number of rotatable bonds is 2. The van der Waals surface area contributed by atoms with Gasteiger partial charge in [0.2, 0.25) is 5.91 Å². The maximum atomic E-state index is 14.0. The van der Waals surface area contributed by atoms with Crippen LogP contribution in [-0.2, 0) is 16.6 Å². The Morgan fingerprint density at radius 1 is 0.871 bits per heavy atom. The molecule has 0 N–H and O–H groups in total. The number of anilines is 2. The van der Waals surface area contributed by atoms with Crippen LogP contribution in [0.1, 0.15) is 55.0 Å². The molecule has 0 aliphatic carbocycles. The fraction of sp³-hybridized carbons (Fsp3) is 0.321. The first-order valence-electron chi connectivity index (χ1n) is 11.0. The van der Waals surface area contributed by atoms with E-state index in [1.165, 1.54) is 11.1 Å². The van der Waals surface area contributed by atoms with E-state index in [4.69, 9.17) is 4.74 Å². The second-order valence-corrected chi connectivity index (χ2v) is 9.81. The highest BCUT2D eigenvalue weighted by atomic mass is 16.5. The molecular formula is C28H29NO2. The minimum absolute atomic E-state index is 0.0916. The standard InChI is InChI=1S/C28H29NO2/c1-18-6-10-22(11-7-18)29-24-12-8-19(2)16-23(24)28(5,26(29)30)21-9-13-25-20(17-21)14-15-27(3,4)31-25/h6-13,16-17H,14-15H2,1-5H3/t28-/m0/s1. The van der Waals surface area contributed by atoms with Gasteiger partial charge in [0.15, 0.2) is 0 Å². The van der Waals surface area contributed by atoms with Gasteiger partial charge in [-0.15, -0.1) is 0 Å². The Morgan fingerprint density at radius 3 is 2.32 bits per heavy atom. The normalized spacial score (nSPS) is 21.5. The van der Waals surface area contributed by atoms with E-state index in [0.717, 1.165) is 46.7 Å². The molecule has 3 nitrogen and oxygen atoms in total. The van der Waals surface area contributed by atoms with Crippen molar-refractivity contribution in [2.24, 2.45) is 0 Å². The molecule has 2 aliphatic heterocycles. The summed E-state index contributed by atoms with van der Waals surface area (Å²) in [7, 11) is 0. The zero-order chi connectivity index (χ0) is 22.0. The number of hydrogen-bond donors (Lipinski definition) is 0. The van der Waals surface area contributed by atoms with Crippen LogP contribution in [0.3, 0.4) is 0 Å². The number of hydrogen-bond acceptors (Lipinski definition) is 2. The SMILES string of the molecule is Cc1ccc(N2C(=O)[C@@](C)(c3ccc4c(c3)CCC(C)(C)O4)c3cc(C)ccc32)cc1. The first-order chi connectivity index (χ1) is 14.7. The average Bonchev–Trinajstić information content (AvgIpc) is 2.95. The minimum Gasteiger partial charge on any atom is -0.488 e. The van der Waals surface area contributed by atoms with Gasteiger partial charge in [-0.1, -0.05) is 47.5 Å². The number of fused-ring (bicyclic) bond motifs is 2. The third kappa shape index (κ3) is 3.06. The predicted molar refractivity (Wildman–Crippen MR) is 125 cm³/mol. The first-order valence-corrected chi connectivity index (χ1v) is 11.0. The topological polar surface area (TPSA) is 29.5 Å². The highest BCUT2D eigenvalue weighted by molar-refractivity contribution is 6.14. The summed E-state index contributed by atoms with van der Waals surface area (Å²) >= 11 is 0. The molecule has 0 radical (unpaired) electrons. The molecule has 158 valence electrons. The van der Waals surface area contributed by atoms with Gasteiger partial charge >= 0.3 is 0 Å². The van der Waals surface area contributed by atoms with Crippen molar-refractivity contribution in [3.8, 4) is 5.75 Å². The van der Waals surface area contributed by atoms with E-state index < -0.39 is 5.41 Å². The van der Waals surface area contributed by atoms with Crippen LogP contribution in [0.25, 0.3) is 0 Å². The van der Waals surface area contributed by atoms with E-state index in [9.17, 15) is 4.79 Å². The van der Waals surface area contributed by atoms with Gasteiger partial charge in [-0.25, -0.2) is 0 Å². The highest BCUT2D eigenvalue weighted by Crippen LogP contribution is 2.50. The summed E-state index contributed by atoms with van der Waals surface area (Å²) in [6.45, 7) is 10.5. The summed E-state index contributed by atoms with van der Waals surface area (Å²) in [4.78, 5) is 15.9. The summed E-state index contributed by atoms with van der Waals surface area (Å²) in [5.74, 6) is 1.03. The summed E-state index contributed by atoms with van der Waals surface area (Å²) in [6, 6.07) is 20.8. The summed E-state index contributed by atoms with van der Waals surface area (Å²) in [5.41, 5.74) is 6.61. The number of carbonyl (C=O) groups excluding carboxylic acids is 1. The van der Waals surface area contributed by atoms with E-state index in [1.807, 2.05) is 23.1 Å². The molecule has 0 bridgehead atoms. The van der Waals surface area contributed by atoms with E-state index in [-0.39, 0.29) is 11.5 Å². The van der Waals surface area contributed by atoms with Crippen molar-refractivity contribution in [3.63, 3.8) is 0 Å². The largest absolute Gasteiger partial charge is 0.488 e. The molecule has 3 aromatic rings. The molecule has 0 fully saturated rings. The molecule has 1 amide bonds. The van der Waals surface area contributed by atoms with Crippen molar-refractivity contribution in [3.05, 3.63) is 88.5 Å². The predicted octanol–water partition coefficient (Wildman–Crippen LogP) is 6.39. The van der Waals surface area contributed by atoms with Gasteiger partial charge < -0.3 is 4.74 Å². The molecule has 0 unspecified atom stereocenters. The van der Waals surface area contributed by atoms with Crippen LogP contribution in [0.4, 0.5) is 11.4 Å². The molecule has 1 atom stereocenters.